The van der Waals surface area contributed by atoms with Gasteiger partial charge in [-0.1, -0.05) is 0 Å². The van der Waals surface area contributed by atoms with Crippen molar-refractivity contribution in [3.63, 3.8) is 0 Å². The summed E-state index contributed by atoms with van der Waals surface area (Å²) in [4.78, 5) is 2.18. The molecule has 1 aromatic rings. The van der Waals surface area contributed by atoms with E-state index in [9.17, 15) is 0 Å². The number of anilines is 2. The fourth-order valence-electron chi connectivity index (χ4n) is 1.48. The number of nitrogens with zero attached hydrogens (tertiary/aromatic N) is 3. The fourth-order valence-corrected chi connectivity index (χ4v) is 1.48. The molecule has 0 spiro atoms. The molecule has 0 atom stereocenters. The highest BCUT2D eigenvalue weighted by Gasteiger charge is 2.22. The van der Waals surface area contributed by atoms with Crippen LogP contribution in [0.2, 0.25) is 0 Å². The van der Waals surface area contributed by atoms with Crippen LogP contribution in [0.3, 0.4) is 0 Å². The van der Waals surface area contributed by atoms with E-state index in [1.54, 1.807) is 6.07 Å². The average molecular weight is 178 g/mol. The lowest BCUT2D eigenvalue weighted by Gasteiger charge is -2.35. The Morgan fingerprint density at radius 2 is 2.15 bits per heavy atom. The van der Waals surface area contributed by atoms with Crippen LogP contribution in [0.25, 0.3) is 0 Å². The third-order valence-electron chi connectivity index (χ3n) is 2.65. The predicted molar refractivity (Wildman–Crippen MR) is 52.5 cm³/mol. The zero-order valence-electron chi connectivity index (χ0n) is 7.77. The first-order chi connectivity index (χ1) is 6.27. The van der Waals surface area contributed by atoms with Crippen LogP contribution in [-0.4, -0.2) is 23.3 Å². The lowest BCUT2D eigenvalue weighted by molar-refractivity contribution is 0.398. The summed E-state index contributed by atoms with van der Waals surface area (Å²) in [5.74, 6) is 1.39. The number of hydrogen-bond donors (Lipinski definition) is 1. The first kappa shape index (κ1) is 8.29. The molecule has 1 heterocycles. The highest BCUT2D eigenvalue weighted by Crippen LogP contribution is 2.26. The molecule has 0 saturated heterocycles. The van der Waals surface area contributed by atoms with Crippen LogP contribution in [0, 0.1) is 0 Å². The zero-order valence-corrected chi connectivity index (χ0v) is 7.77. The molecular weight excluding hydrogens is 164 g/mol. The summed E-state index contributed by atoms with van der Waals surface area (Å²) in [6, 6.07) is 4.36. The van der Waals surface area contributed by atoms with Crippen molar-refractivity contribution in [1.82, 2.24) is 10.2 Å². The first-order valence-electron chi connectivity index (χ1n) is 4.59. The number of nitrogens with two attached hydrogens (primary N) is 1. The van der Waals surface area contributed by atoms with E-state index in [1.165, 1.54) is 19.3 Å². The van der Waals surface area contributed by atoms with Crippen molar-refractivity contribution >= 4 is 11.6 Å². The Morgan fingerprint density at radius 3 is 2.62 bits per heavy atom. The highest BCUT2D eigenvalue weighted by molar-refractivity contribution is 5.41. The molecule has 0 radical (unpaired) electrons. The number of rotatable bonds is 2. The van der Waals surface area contributed by atoms with Crippen LogP contribution in [0.5, 0.6) is 0 Å². The van der Waals surface area contributed by atoms with Gasteiger partial charge < -0.3 is 10.6 Å². The van der Waals surface area contributed by atoms with Crippen LogP contribution < -0.4 is 10.6 Å². The molecule has 0 amide bonds. The van der Waals surface area contributed by atoms with Crippen molar-refractivity contribution in [2.75, 3.05) is 17.7 Å². The summed E-state index contributed by atoms with van der Waals surface area (Å²) in [6.07, 6.45) is 3.86. The minimum atomic E-state index is 0.478. The molecule has 13 heavy (non-hydrogen) atoms. The monoisotopic (exact) mass is 178 g/mol. The van der Waals surface area contributed by atoms with E-state index in [-0.39, 0.29) is 0 Å². The molecule has 0 aromatic carbocycles. The molecule has 0 bridgehead atoms. The molecule has 1 aromatic heterocycles. The van der Waals surface area contributed by atoms with E-state index >= 15 is 0 Å². The Morgan fingerprint density at radius 1 is 1.38 bits per heavy atom. The second kappa shape index (κ2) is 3.20. The molecule has 1 aliphatic rings. The van der Waals surface area contributed by atoms with Gasteiger partial charge in [0.25, 0.3) is 0 Å². The van der Waals surface area contributed by atoms with Gasteiger partial charge in [-0.2, -0.15) is 0 Å². The molecule has 0 unspecified atom stereocenters. The third-order valence-corrected chi connectivity index (χ3v) is 2.65. The Labute approximate surface area is 77.8 Å². The lowest BCUT2D eigenvalue weighted by Crippen LogP contribution is -2.37. The van der Waals surface area contributed by atoms with Crippen molar-refractivity contribution in [1.29, 1.82) is 0 Å². The lowest BCUT2D eigenvalue weighted by atomic mass is 9.92. The minimum Gasteiger partial charge on any atom is -0.382 e. The van der Waals surface area contributed by atoms with Crippen molar-refractivity contribution in [3.8, 4) is 0 Å². The molecule has 70 valence electrons. The van der Waals surface area contributed by atoms with Gasteiger partial charge in [0.05, 0.1) is 0 Å². The van der Waals surface area contributed by atoms with Crippen molar-refractivity contribution in [2.45, 2.75) is 25.3 Å². The first-order valence-corrected chi connectivity index (χ1v) is 4.59. The van der Waals surface area contributed by atoms with Gasteiger partial charge in [0.1, 0.15) is 5.82 Å². The SMILES string of the molecule is CN(c1ccc(N)nn1)C1CCC1. The van der Waals surface area contributed by atoms with Gasteiger partial charge in [0, 0.05) is 13.1 Å². The minimum absolute atomic E-state index is 0.478. The van der Waals surface area contributed by atoms with Gasteiger partial charge in [0.15, 0.2) is 5.82 Å². The number of aromatic nitrogens is 2. The van der Waals surface area contributed by atoms with Gasteiger partial charge >= 0.3 is 0 Å². The van der Waals surface area contributed by atoms with E-state index < -0.39 is 0 Å². The number of hydrogen-bond acceptors (Lipinski definition) is 4. The molecule has 4 heteroatoms. The van der Waals surface area contributed by atoms with E-state index in [0.29, 0.717) is 11.9 Å². The topological polar surface area (TPSA) is 55.0 Å². The molecule has 2 rings (SSSR count). The second-order valence-corrected chi connectivity index (χ2v) is 3.51. The highest BCUT2D eigenvalue weighted by atomic mass is 15.3. The molecule has 2 N–H and O–H groups in total. The van der Waals surface area contributed by atoms with Gasteiger partial charge in [-0.3, -0.25) is 0 Å². The molecule has 1 saturated carbocycles. The Hall–Kier alpha value is -1.32. The van der Waals surface area contributed by atoms with E-state index in [4.69, 9.17) is 5.73 Å². The summed E-state index contributed by atoms with van der Waals surface area (Å²) in [7, 11) is 2.06. The second-order valence-electron chi connectivity index (χ2n) is 3.51. The molecule has 4 nitrogen and oxygen atoms in total. The van der Waals surface area contributed by atoms with Gasteiger partial charge in [-0.25, -0.2) is 0 Å². The van der Waals surface area contributed by atoms with Crippen LogP contribution in [-0.2, 0) is 0 Å². The van der Waals surface area contributed by atoms with Crippen LogP contribution >= 0.6 is 0 Å². The summed E-state index contributed by atoms with van der Waals surface area (Å²) in [5, 5.41) is 7.86. The van der Waals surface area contributed by atoms with Crippen molar-refractivity contribution < 1.29 is 0 Å². The Balaban J connectivity index is 2.10. The van der Waals surface area contributed by atoms with Gasteiger partial charge in [-0.15, -0.1) is 10.2 Å². The molecule has 1 fully saturated rings. The van der Waals surface area contributed by atoms with E-state index in [2.05, 4.69) is 22.1 Å². The Bertz CT molecular complexity index is 278. The quantitative estimate of drug-likeness (QED) is 0.735. The fraction of sp³-hybridized carbons (Fsp3) is 0.556. The van der Waals surface area contributed by atoms with Gasteiger partial charge in [0.2, 0.25) is 0 Å². The number of nitrogen functional groups attached to an aromatic ring is 1. The third kappa shape index (κ3) is 1.56. The van der Waals surface area contributed by atoms with Gasteiger partial charge in [-0.05, 0) is 31.4 Å². The largest absolute Gasteiger partial charge is 0.382 e. The molecular formula is C9H14N4. The zero-order chi connectivity index (χ0) is 9.26. The van der Waals surface area contributed by atoms with Crippen molar-refractivity contribution in [3.05, 3.63) is 12.1 Å². The maximum Gasteiger partial charge on any atom is 0.151 e. The normalized spacial score (nSPS) is 16.7. The summed E-state index contributed by atoms with van der Waals surface area (Å²) in [6.45, 7) is 0. The van der Waals surface area contributed by atoms with E-state index in [1.807, 2.05) is 6.07 Å². The van der Waals surface area contributed by atoms with Crippen LogP contribution in [0.1, 0.15) is 19.3 Å². The molecule has 0 aliphatic heterocycles. The van der Waals surface area contributed by atoms with E-state index in [0.717, 1.165) is 5.82 Å². The standard InChI is InChI=1S/C9H14N4/c1-13(7-3-2-4-7)9-6-5-8(10)11-12-9/h5-7H,2-4H2,1H3,(H2,10,11). The Kier molecular flexibility index (Phi) is 2.04. The summed E-state index contributed by atoms with van der Waals surface area (Å²) in [5.41, 5.74) is 5.46. The maximum absolute atomic E-state index is 5.46. The average Bonchev–Trinajstić information content (AvgIpc) is 2.02. The smallest absolute Gasteiger partial charge is 0.151 e. The van der Waals surface area contributed by atoms with Crippen molar-refractivity contribution in [2.24, 2.45) is 0 Å². The van der Waals surface area contributed by atoms with Crippen LogP contribution in [0.15, 0.2) is 12.1 Å². The predicted octanol–water partition coefficient (Wildman–Crippen LogP) is 1.05. The summed E-state index contributed by atoms with van der Waals surface area (Å²) < 4.78 is 0. The van der Waals surface area contributed by atoms with Crippen LogP contribution in [0.4, 0.5) is 11.6 Å². The summed E-state index contributed by atoms with van der Waals surface area (Å²) >= 11 is 0. The maximum atomic E-state index is 5.46. The molecule has 1 aliphatic carbocycles.